The van der Waals surface area contributed by atoms with E-state index < -0.39 is 6.04 Å². The number of halogens is 2. The minimum absolute atomic E-state index is 0. The molecule has 0 fully saturated rings. The summed E-state index contributed by atoms with van der Waals surface area (Å²) in [6, 6.07) is 5.25. The normalized spacial score (nSPS) is 15.9. The molecule has 0 radical (unpaired) electrons. The van der Waals surface area contributed by atoms with E-state index in [0.717, 1.165) is 30.0 Å². The zero-order valence-electron chi connectivity index (χ0n) is 12.6. The first-order valence-electron chi connectivity index (χ1n) is 7.15. The second-order valence-corrected chi connectivity index (χ2v) is 5.17. The standard InChI is InChI=1S/C14H15N7O.2ClH/c22-14(13-12-9(4-5-15-13)17-8-18-12)16-7-11-20-19-10-3-1-2-6-21(10)11;;/h1-3,6,8,13,15H,4-5,7H2,(H,16,22)(H,17,18);2*1H. The Labute approximate surface area is 150 Å². The van der Waals surface area contributed by atoms with Gasteiger partial charge in [0, 0.05) is 24.9 Å². The number of rotatable bonds is 3. The van der Waals surface area contributed by atoms with Crippen LogP contribution in [-0.2, 0) is 17.8 Å². The van der Waals surface area contributed by atoms with Crippen LogP contribution in [-0.4, -0.2) is 37.0 Å². The first kappa shape index (κ1) is 18.2. The Kier molecular flexibility index (Phi) is 5.76. The number of carbonyl (C=O) groups is 1. The molecule has 0 saturated carbocycles. The number of hydrogen-bond donors (Lipinski definition) is 3. The molecule has 1 atom stereocenters. The van der Waals surface area contributed by atoms with Crippen molar-refractivity contribution in [1.29, 1.82) is 0 Å². The number of imidazole rings is 1. The van der Waals surface area contributed by atoms with E-state index in [9.17, 15) is 4.79 Å². The molecule has 3 aromatic heterocycles. The molecule has 8 nitrogen and oxygen atoms in total. The first-order chi connectivity index (χ1) is 10.8. The maximum absolute atomic E-state index is 12.4. The van der Waals surface area contributed by atoms with Gasteiger partial charge >= 0.3 is 0 Å². The lowest BCUT2D eigenvalue weighted by Gasteiger charge is -2.21. The van der Waals surface area contributed by atoms with Crippen molar-refractivity contribution in [3.8, 4) is 0 Å². The van der Waals surface area contributed by atoms with Crippen molar-refractivity contribution >= 4 is 36.4 Å². The van der Waals surface area contributed by atoms with Crippen LogP contribution >= 0.6 is 24.8 Å². The van der Waals surface area contributed by atoms with Crippen molar-refractivity contribution in [3.63, 3.8) is 0 Å². The topological polar surface area (TPSA) is 100 Å². The number of pyridine rings is 1. The van der Waals surface area contributed by atoms with Crippen molar-refractivity contribution in [2.45, 2.75) is 19.0 Å². The van der Waals surface area contributed by atoms with E-state index in [-0.39, 0.29) is 30.7 Å². The number of aromatic amines is 1. The van der Waals surface area contributed by atoms with Crippen LogP contribution < -0.4 is 10.6 Å². The van der Waals surface area contributed by atoms with Gasteiger partial charge in [-0.3, -0.25) is 9.20 Å². The number of amides is 1. The van der Waals surface area contributed by atoms with Crippen molar-refractivity contribution < 1.29 is 4.79 Å². The number of carbonyl (C=O) groups excluding carboxylic acids is 1. The molecule has 0 aromatic carbocycles. The van der Waals surface area contributed by atoms with Crippen LogP contribution in [0.15, 0.2) is 30.7 Å². The van der Waals surface area contributed by atoms with Crippen molar-refractivity contribution in [3.05, 3.63) is 47.9 Å². The monoisotopic (exact) mass is 369 g/mol. The molecule has 1 amide bonds. The highest BCUT2D eigenvalue weighted by Gasteiger charge is 2.28. The van der Waals surface area contributed by atoms with Crippen LogP contribution in [0.5, 0.6) is 0 Å². The molecule has 4 rings (SSSR count). The zero-order chi connectivity index (χ0) is 14.9. The molecule has 10 heteroatoms. The minimum Gasteiger partial charge on any atom is -0.348 e. The molecule has 1 aliphatic heterocycles. The highest BCUT2D eigenvalue weighted by Crippen LogP contribution is 2.19. The molecular weight excluding hydrogens is 353 g/mol. The average Bonchev–Trinajstić information content (AvgIpc) is 3.19. The third-order valence-corrected chi connectivity index (χ3v) is 3.82. The maximum atomic E-state index is 12.4. The van der Waals surface area contributed by atoms with Crippen LogP contribution in [0, 0.1) is 0 Å². The lowest BCUT2D eigenvalue weighted by atomic mass is 10.1. The van der Waals surface area contributed by atoms with Gasteiger partial charge in [-0.1, -0.05) is 6.07 Å². The second kappa shape index (κ2) is 7.61. The average molecular weight is 370 g/mol. The Bertz CT molecular complexity index is 831. The Hall–Kier alpha value is -2.16. The van der Waals surface area contributed by atoms with Crippen LogP contribution in [0.3, 0.4) is 0 Å². The maximum Gasteiger partial charge on any atom is 0.243 e. The molecule has 3 N–H and O–H groups in total. The molecule has 4 heterocycles. The largest absolute Gasteiger partial charge is 0.348 e. The molecule has 128 valence electrons. The van der Waals surface area contributed by atoms with E-state index in [4.69, 9.17) is 0 Å². The molecule has 1 aliphatic rings. The minimum atomic E-state index is -0.422. The number of nitrogens with zero attached hydrogens (tertiary/aromatic N) is 4. The Morgan fingerprint density at radius 3 is 3.08 bits per heavy atom. The fourth-order valence-electron chi connectivity index (χ4n) is 2.72. The predicted octanol–water partition coefficient (Wildman–Crippen LogP) is 0.799. The summed E-state index contributed by atoms with van der Waals surface area (Å²) in [7, 11) is 0. The van der Waals surface area contributed by atoms with Crippen LogP contribution in [0.4, 0.5) is 0 Å². The Morgan fingerprint density at radius 1 is 1.33 bits per heavy atom. The van der Waals surface area contributed by atoms with E-state index in [1.165, 1.54) is 0 Å². The number of nitrogens with one attached hydrogen (secondary N) is 3. The number of hydrogen-bond acceptors (Lipinski definition) is 5. The lowest BCUT2D eigenvalue weighted by Crippen LogP contribution is -2.41. The van der Waals surface area contributed by atoms with E-state index in [0.29, 0.717) is 12.4 Å². The summed E-state index contributed by atoms with van der Waals surface area (Å²) in [5.74, 6) is 0.586. The molecular formula is C14H17Cl2N7O. The van der Waals surface area contributed by atoms with Crippen LogP contribution in [0.25, 0.3) is 5.65 Å². The van der Waals surface area contributed by atoms with Crippen LogP contribution in [0.2, 0.25) is 0 Å². The van der Waals surface area contributed by atoms with Gasteiger partial charge in [0.1, 0.15) is 6.04 Å². The van der Waals surface area contributed by atoms with Gasteiger partial charge in [-0.2, -0.15) is 0 Å². The predicted molar refractivity (Wildman–Crippen MR) is 92.4 cm³/mol. The first-order valence-corrected chi connectivity index (χ1v) is 7.15. The van der Waals surface area contributed by atoms with Crippen molar-refractivity contribution in [2.75, 3.05) is 6.54 Å². The summed E-state index contributed by atoms with van der Waals surface area (Å²) < 4.78 is 1.86. The fourth-order valence-corrected chi connectivity index (χ4v) is 2.72. The van der Waals surface area contributed by atoms with E-state index in [2.05, 4.69) is 30.8 Å². The van der Waals surface area contributed by atoms with Gasteiger partial charge in [0.2, 0.25) is 5.91 Å². The Morgan fingerprint density at radius 2 is 2.21 bits per heavy atom. The van der Waals surface area contributed by atoms with Gasteiger partial charge in [-0.25, -0.2) is 4.98 Å². The molecule has 24 heavy (non-hydrogen) atoms. The lowest BCUT2D eigenvalue weighted by molar-refractivity contribution is -0.123. The fraction of sp³-hybridized carbons (Fsp3) is 0.286. The van der Waals surface area contributed by atoms with Crippen LogP contribution in [0.1, 0.15) is 23.3 Å². The number of fused-ring (bicyclic) bond motifs is 2. The van der Waals surface area contributed by atoms with Gasteiger partial charge in [0.15, 0.2) is 11.5 Å². The second-order valence-electron chi connectivity index (χ2n) is 5.17. The van der Waals surface area contributed by atoms with Gasteiger partial charge in [-0.15, -0.1) is 35.0 Å². The summed E-state index contributed by atoms with van der Waals surface area (Å²) in [5, 5.41) is 14.3. The number of aromatic nitrogens is 5. The molecule has 3 aromatic rings. The van der Waals surface area contributed by atoms with Crippen molar-refractivity contribution in [1.82, 2.24) is 35.2 Å². The highest BCUT2D eigenvalue weighted by atomic mass is 35.5. The molecule has 0 saturated heterocycles. The molecule has 0 aliphatic carbocycles. The van der Waals surface area contributed by atoms with Gasteiger partial charge < -0.3 is 15.6 Å². The molecule has 0 bridgehead atoms. The Balaban J connectivity index is 0.00000104. The number of H-pyrrole nitrogens is 1. The highest BCUT2D eigenvalue weighted by molar-refractivity contribution is 5.85. The quantitative estimate of drug-likeness (QED) is 0.633. The molecule has 0 spiro atoms. The summed E-state index contributed by atoms with van der Waals surface area (Å²) >= 11 is 0. The van der Waals surface area contributed by atoms with E-state index >= 15 is 0 Å². The van der Waals surface area contributed by atoms with Gasteiger partial charge in [0.25, 0.3) is 0 Å². The third-order valence-electron chi connectivity index (χ3n) is 3.82. The van der Waals surface area contributed by atoms with E-state index in [1.54, 1.807) is 6.33 Å². The summed E-state index contributed by atoms with van der Waals surface area (Å²) in [6.45, 7) is 1.07. The van der Waals surface area contributed by atoms with Gasteiger partial charge in [-0.05, 0) is 12.1 Å². The SMILES string of the molecule is Cl.Cl.O=C(NCc1nnc2ccccn12)C1NCCc2[nH]cnc21. The summed E-state index contributed by atoms with van der Waals surface area (Å²) in [5.41, 5.74) is 2.55. The zero-order valence-corrected chi connectivity index (χ0v) is 14.2. The third kappa shape index (κ3) is 3.21. The summed E-state index contributed by atoms with van der Waals surface area (Å²) in [4.78, 5) is 19.7. The molecule has 1 unspecified atom stereocenters. The smallest absolute Gasteiger partial charge is 0.243 e. The van der Waals surface area contributed by atoms with Crippen molar-refractivity contribution in [2.24, 2.45) is 0 Å². The van der Waals surface area contributed by atoms with E-state index in [1.807, 2.05) is 28.8 Å². The van der Waals surface area contributed by atoms with Gasteiger partial charge in [0.05, 0.1) is 18.6 Å². The summed E-state index contributed by atoms with van der Waals surface area (Å²) in [6.07, 6.45) is 4.36.